The molecular weight excluding hydrogens is 286 g/mol. The van der Waals surface area contributed by atoms with Gasteiger partial charge in [0.2, 0.25) is 0 Å². The van der Waals surface area contributed by atoms with E-state index in [1.165, 1.54) is 0 Å². The molecule has 1 heterocycles. The van der Waals surface area contributed by atoms with Gasteiger partial charge in [0.15, 0.2) is 0 Å². The molecule has 21 heavy (non-hydrogen) atoms. The first-order chi connectivity index (χ1) is 10.1. The Balaban J connectivity index is 1.83. The quantitative estimate of drug-likeness (QED) is 0.787. The third-order valence-corrected chi connectivity index (χ3v) is 4.10. The molecule has 0 spiro atoms. The second-order valence-electron chi connectivity index (χ2n) is 5.15. The van der Waals surface area contributed by atoms with Gasteiger partial charge >= 0.3 is 6.03 Å². The molecule has 2 amide bonds. The lowest BCUT2D eigenvalue weighted by molar-refractivity contribution is 0.257. The number of rotatable bonds is 1. The van der Waals surface area contributed by atoms with E-state index in [2.05, 4.69) is 5.32 Å². The van der Waals surface area contributed by atoms with Gasteiger partial charge in [0.05, 0.1) is 11.4 Å². The number of para-hydroxylation sites is 1. The molecule has 0 radical (unpaired) electrons. The molecule has 0 fully saturated rings. The third kappa shape index (κ3) is 2.54. The molecule has 108 valence electrons. The Kier molecular flexibility index (Phi) is 3.47. The number of fused-ring (bicyclic) bond motifs is 1. The number of carbonyl (C=O) groups is 1. The van der Waals surface area contributed by atoms with Gasteiger partial charge in [0.25, 0.3) is 0 Å². The molecule has 3 rings (SSSR count). The number of halogens is 1. The topological polar surface area (TPSA) is 58.4 Å². The molecule has 0 aliphatic carbocycles. The summed E-state index contributed by atoms with van der Waals surface area (Å²) in [6.07, 6.45) is 0.822. The van der Waals surface area contributed by atoms with Gasteiger partial charge in [-0.05, 0) is 42.7 Å². The van der Waals surface area contributed by atoms with Gasteiger partial charge in [0.1, 0.15) is 0 Å². The molecule has 0 bridgehead atoms. The molecule has 4 nitrogen and oxygen atoms in total. The fraction of sp³-hybridized carbons (Fsp3) is 0.188. The highest BCUT2D eigenvalue weighted by Gasteiger charge is 2.26. The molecular formula is C16H16ClN3O. The van der Waals surface area contributed by atoms with Crippen molar-refractivity contribution in [1.82, 2.24) is 0 Å². The van der Waals surface area contributed by atoms with Crippen LogP contribution in [0.2, 0.25) is 5.02 Å². The highest BCUT2D eigenvalue weighted by molar-refractivity contribution is 6.31. The summed E-state index contributed by atoms with van der Waals surface area (Å²) >= 11 is 6.08. The first-order valence-corrected chi connectivity index (χ1v) is 7.16. The molecule has 0 saturated carbocycles. The molecule has 2 aromatic carbocycles. The van der Waals surface area contributed by atoms with Crippen LogP contribution in [0.3, 0.4) is 0 Å². The van der Waals surface area contributed by atoms with Gasteiger partial charge in [-0.15, -0.1) is 0 Å². The van der Waals surface area contributed by atoms with Crippen molar-refractivity contribution < 1.29 is 4.79 Å². The molecule has 3 N–H and O–H groups in total. The van der Waals surface area contributed by atoms with Crippen LogP contribution in [0.1, 0.15) is 11.1 Å². The van der Waals surface area contributed by atoms with Crippen molar-refractivity contribution in [3.05, 3.63) is 52.5 Å². The monoisotopic (exact) mass is 301 g/mol. The van der Waals surface area contributed by atoms with Gasteiger partial charge < -0.3 is 11.1 Å². The molecule has 5 heteroatoms. The Morgan fingerprint density at radius 3 is 2.90 bits per heavy atom. The summed E-state index contributed by atoms with van der Waals surface area (Å²) in [4.78, 5) is 14.1. The molecule has 1 aliphatic heterocycles. The summed E-state index contributed by atoms with van der Waals surface area (Å²) in [6, 6.07) is 11.0. The minimum atomic E-state index is -0.188. The fourth-order valence-corrected chi connectivity index (χ4v) is 2.73. The van der Waals surface area contributed by atoms with Gasteiger partial charge in [-0.2, -0.15) is 0 Å². The number of nitrogens with two attached hydrogens (primary N) is 1. The molecule has 0 atom stereocenters. The Labute approximate surface area is 128 Å². The molecule has 0 saturated heterocycles. The molecule has 0 aromatic heterocycles. The average molecular weight is 302 g/mol. The summed E-state index contributed by atoms with van der Waals surface area (Å²) < 4.78 is 0. The van der Waals surface area contributed by atoms with E-state index in [0.29, 0.717) is 22.9 Å². The fourth-order valence-electron chi connectivity index (χ4n) is 2.55. The van der Waals surface area contributed by atoms with Crippen molar-refractivity contribution in [1.29, 1.82) is 0 Å². The van der Waals surface area contributed by atoms with Gasteiger partial charge in [0, 0.05) is 17.3 Å². The largest absolute Gasteiger partial charge is 0.397 e. The van der Waals surface area contributed by atoms with Crippen LogP contribution in [0.5, 0.6) is 0 Å². The number of hydrogen-bond donors (Lipinski definition) is 2. The first kappa shape index (κ1) is 13.8. The predicted octanol–water partition coefficient (Wildman–Crippen LogP) is 3.83. The molecule has 1 aliphatic rings. The lowest BCUT2D eigenvalue weighted by Crippen LogP contribution is -2.33. The van der Waals surface area contributed by atoms with Gasteiger partial charge in [-0.25, -0.2) is 4.79 Å². The predicted molar refractivity (Wildman–Crippen MR) is 87.1 cm³/mol. The SMILES string of the molecule is Cc1ccc(NC(=O)N2CCc3cccc(N)c32)cc1Cl. The number of nitrogen functional groups attached to an aromatic ring is 1. The smallest absolute Gasteiger partial charge is 0.326 e. The standard InChI is InChI=1S/C16H16ClN3O/c1-10-5-6-12(9-13(10)17)19-16(21)20-8-7-11-3-2-4-14(18)15(11)20/h2-6,9H,7-8,18H2,1H3,(H,19,21). The van der Waals surface area contributed by atoms with Crippen LogP contribution >= 0.6 is 11.6 Å². The Morgan fingerprint density at radius 1 is 1.33 bits per heavy atom. The minimum Gasteiger partial charge on any atom is -0.397 e. The van der Waals surface area contributed by atoms with E-state index >= 15 is 0 Å². The average Bonchev–Trinajstić information content (AvgIpc) is 2.88. The Hall–Kier alpha value is -2.20. The van der Waals surface area contributed by atoms with Crippen molar-refractivity contribution in [2.45, 2.75) is 13.3 Å². The number of nitrogens with one attached hydrogen (secondary N) is 1. The molecule has 0 unspecified atom stereocenters. The summed E-state index contributed by atoms with van der Waals surface area (Å²) in [5.74, 6) is 0. The number of nitrogens with zero attached hydrogens (tertiary/aromatic N) is 1. The van der Waals surface area contributed by atoms with Crippen LogP contribution in [-0.2, 0) is 6.42 Å². The van der Waals surface area contributed by atoms with Crippen LogP contribution in [0, 0.1) is 6.92 Å². The maximum Gasteiger partial charge on any atom is 0.326 e. The maximum atomic E-state index is 12.4. The van der Waals surface area contributed by atoms with Crippen LogP contribution in [0.15, 0.2) is 36.4 Å². The number of hydrogen-bond acceptors (Lipinski definition) is 2. The van der Waals surface area contributed by atoms with E-state index in [1.54, 1.807) is 11.0 Å². The zero-order valence-electron chi connectivity index (χ0n) is 11.7. The number of urea groups is 1. The number of benzene rings is 2. The zero-order valence-corrected chi connectivity index (χ0v) is 12.4. The van der Waals surface area contributed by atoms with Crippen LogP contribution in [-0.4, -0.2) is 12.6 Å². The number of carbonyl (C=O) groups excluding carboxylic acids is 1. The van der Waals surface area contributed by atoms with Gasteiger partial charge in [-0.1, -0.05) is 29.8 Å². The van der Waals surface area contributed by atoms with E-state index in [4.69, 9.17) is 17.3 Å². The first-order valence-electron chi connectivity index (χ1n) is 6.78. The Bertz CT molecular complexity index is 715. The lowest BCUT2D eigenvalue weighted by Gasteiger charge is -2.19. The summed E-state index contributed by atoms with van der Waals surface area (Å²) in [6.45, 7) is 2.56. The number of amides is 2. The van der Waals surface area contributed by atoms with E-state index < -0.39 is 0 Å². The van der Waals surface area contributed by atoms with Crippen molar-refractivity contribution in [3.8, 4) is 0 Å². The van der Waals surface area contributed by atoms with Crippen molar-refractivity contribution >= 4 is 34.7 Å². The van der Waals surface area contributed by atoms with E-state index in [0.717, 1.165) is 23.2 Å². The van der Waals surface area contributed by atoms with Crippen molar-refractivity contribution in [2.75, 3.05) is 22.5 Å². The van der Waals surface area contributed by atoms with Crippen LogP contribution in [0.4, 0.5) is 21.9 Å². The van der Waals surface area contributed by atoms with Gasteiger partial charge in [-0.3, -0.25) is 4.90 Å². The minimum absolute atomic E-state index is 0.188. The second kappa shape index (κ2) is 5.30. The third-order valence-electron chi connectivity index (χ3n) is 3.69. The van der Waals surface area contributed by atoms with Crippen molar-refractivity contribution in [3.63, 3.8) is 0 Å². The second-order valence-corrected chi connectivity index (χ2v) is 5.56. The van der Waals surface area contributed by atoms with E-state index in [1.807, 2.05) is 37.3 Å². The zero-order chi connectivity index (χ0) is 15.0. The number of aryl methyl sites for hydroxylation is 1. The lowest BCUT2D eigenvalue weighted by atomic mass is 10.1. The Morgan fingerprint density at radius 2 is 2.14 bits per heavy atom. The summed E-state index contributed by atoms with van der Waals surface area (Å²) in [5.41, 5.74) is 10.2. The summed E-state index contributed by atoms with van der Waals surface area (Å²) in [7, 11) is 0. The van der Waals surface area contributed by atoms with E-state index in [-0.39, 0.29) is 6.03 Å². The maximum absolute atomic E-state index is 12.4. The van der Waals surface area contributed by atoms with E-state index in [9.17, 15) is 4.79 Å². The normalized spacial score (nSPS) is 13.1. The van der Waals surface area contributed by atoms with Crippen LogP contribution < -0.4 is 16.0 Å². The van der Waals surface area contributed by atoms with Crippen molar-refractivity contribution in [2.24, 2.45) is 0 Å². The molecule has 2 aromatic rings. The summed E-state index contributed by atoms with van der Waals surface area (Å²) in [5, 5.41) is 3.50. The van der Waals surface area contributed by atoms with Crippen LogP contribution in [0.25, 0.3) is 0 Å². The number of anilines is 3. The highest BCUT2D eigenvalue weighted by Crippen LogP contribution is 2.34. The highest BCUT2D eigenvalue weighted by atomic mass is 35.5.